The van der Waals surface area contributed by atoms with E-state index in [2.05, 4.69) is 6.92 Å². The van der Waals surface area contributed by atoms with E-state index in [-0.39, 0.29) is 34.7 Å². The van der Waals surface area contributed by atoms with Gasteiger partial charge in [-0.25, -0.2) is 0 Å². The summed E-state index contributed by atoms with van der Waals surface area (Å²) in [5.74, 6) is 0.593. The van der Waals surface area contributed by atoms with Gasteiger partial charge < -0.3 is 10.2 Å². The summed E-state index contributed by atoms with van der Waals surface area (Å²) in [7, 11) is 0. The number of hydrogen-bond acceptors (Lipinski definition) is 4. The molecule has 2 N–H and O–H groups in total. The Morgan fingerprint density at radius 2 is 1.87 bits per heavy atom. The molecule has 0 aromatic heterocycles. The van der Waals surface area contributed by atoms with Crippen molar-refractivity contribution in [3.8, 4) is 0 Å². The third kappa shape index (κ3) is 1.85. The van der Waals surface area contributed by atoms with Crippen LogP contribution in [0.2, 0.25) is 0 Å². The van der Waals surface area contributed by atoms with Gasteiger partial charge in [-0.05, 0) is 61.9 Å². The highest BCUT2D eigenvalue weighted by Crippen LogP contribution is 2.64. The Bertz CT molecular complexity index is 608. The maximum Gasteiger partial charge on any atom is 0.155 e. The molecule has 4 aliphatic carbocycles. The Labute approximate surface area is 137 Å². The van der Waals surface area contributed by atoms with Crippen LogP contribution in [-0.4, -0.2) is 34.0 Å². The highest BCUT2D eigenvalue weighted by molar-refractivity contribution is 5.92. The summed E-state index contributed by atoms with van der Waals surface area (Å²) in [5, 5.41) is 21.6. The number of aliphatic hydroxyl groups is 2. The fourth-order valence-corrected chi connectivity index (χ4v) is 6.28. The maximum absolute atomic E-state index is 12.4. The van der Waals surface area contributed by atoms with Gasteiger partial charge in [0.2, 0.25) is 0 Å². The Morgan fingerprint density at radius 1 is 1.13 bits per heavy atom. The van der Waals surface area contributed by atoms with Gasteiger partial charge in [0.05, 0.1) is 17.6 Å². The zero-order valence-corrected chi connectivity index (χ0v) is 13.9. The van der Waals surface area contributed by atoms with E-state index < -0.39 is 17.6 Å². The first-order valence-corrected chi connectivity index (χ1v) is 8.92. The minimum Gasteiger partial charge on any atom is -0.392 e. The smallest absolute Gasteiger partial charge is 0.155 e. The lowest BCUT2D eigenvalue weighted by molar-refractivity contribution is -0.164. The summed E-state index contributed by atoms with van der Waals surface area (Å²) in [6.07, 6.45) is 4.35. The van der Waals surface area contributed by atoms with Crippen LogP contribution < -0.4 is 0 Å². The highest BCUT2D eigenvalue weighted by atomic mass is 16.3. The minimum absolute atomic E-state index is 0.0604. The molecule has 3 fully saturated rings. The monoisotopic (exact) mass is 318 g/mol. The topological polar surface area (TPSA) is 74.6 Å². The van der Waals surface area contributed by atoms with Crippen LogP contribution in [0, 0.1) is 28.6 Å². The van der Waals surface area contributed by atoms with Gasteiger partial charge in [0.1, 0.15) is 5.78 Å². The van der Waals surface area contributed by atoms with Gasteiger partial charge in [-0.1, -0.05) is 12.5 Å². The fourth-order valence-electron chi connectivity index (χ4n) is 6.28. The van der Waals surface area contributed by atoms with Crippen LogP contribution in [-0.2, 0) is 9.59 Å². The van der Waals surface area contributed by atoms with Crippen molar-refractivity contribution in [2.45, 2.75) is 64.6 Å². The van der Waals surface area contributed by atoms with Crippen molar-refractivity contribution in [2.24, 2.45) is 28.6 Å². The van der Waals surface area contributed by atoms with E-state index in [1.165, 1.54) is 0 Å². The van der Waals surface area contributed by atoms with Crippen molar-refractivity contribution in [3.05, 3.63) is 11.6 Å². The van der Waals surface area contributed by atoms with Crippen LogP contribution >= 0.6 is 0 Å². The van der Waals surface area contributed by atoms with Crippen molar-refractivity contribution >= 4 is 11.6 Å². The van der Waals surface area contributed by atoms with Crippen LogP contribution in [0.5, 0.6) is 0 Å². The predicted molar refractivity (Wildman–Crippen MR) is 84.5 cm³/mol. The van der Waals surface area contributed by atoms with Crippen LogP contribution in [0.1, 0.15) is 52.4 Å². The second kappa shape index (κ2) is 4.76. The molecular weight excluding hydrogens is 292 g/mol. The molecule has 0 heterocycles. The number of carbonyl (C=O) groups excluding carboxylic acids is 2. The molecule has 0 saturated heterocycles. The zero-order valence-electron chi connectivity index (χ0n) is 13.9. The molecule has 0 spiro atoms. The Kier molecular flexibility index (Phi) is 3.21. The summed E-state index contributed by atoms with van der Waals surface area (Å²) in [5.41, 5.74) is 0.248. The number of hydrogen-bond donors (Lipinski definition) is 2. The Hall–Kier alpha value is -1.00. The van der Waals surface area contributed by atoms with Gasteiger partial charge in [0.15, 0.2) is 5.78 Å². The molecule has 126 valence electrons. The summed E-state index contributed by atoms with van der Waals surface area (Å²) >= 11 is 0. The Balaban J connectivity index is 1.79. The molecule has 4 aliphatic rings. The molecule has 0 aromatic rings. The third-order valence-electron chi connectivity index (χ3n) is 7.80. The van der Waals surface area contributed by atoms with Crippen molar-refractivity contribution in [3.63, 3.8) is 0 Å². The largest absolute Gasteiger partial charge is 0.392 e. The normalized spacial score (nSPS) is 52.5. The Morgan fingerprint density at radius 3 is 2.61 bits per heavy atom. The highest BCUT2D eigenvalue weighted by Gasteiger charge is 2.64. The van der Waals surface area contributed by atoms with E-state index in [0.717, 1.165) is 18.4 Å². The van der Waals surface area contributed by atoms with E-state index >= 15 is 0 Å². The summed E-state index contributed by atoms with van der Waals surface area (Å²) < 4.78 is 0. The molecule has 0 aliphatic heterocycles. The standard InChI is InChI=1S/C19H26O4/c1-18-6-5-11(20)7-10(18)8-14(21)17-12-3-4-15(22)19(12,2)16(23)9-13(17)18/h7,12-14,16-17,21,23H,3-6,8-9H2,1-2H3. The molecule has 23 heavy (non-hydrogen) atoms. The van der Waals surface area contributed by atoms with Gasteiger partial charge in [-0.3, -0.25) is 9.59 Å². The molecule has 0 bridgehead atoms. The third-order valence-corrected chi connectivity index (χ3v) is 7.80. The fraction of sp³-hybridized carbons (Fsp3) is 0.789. The van der Waals surface area contributed by atoms with Crippen molar-refractivity contribution in [1.29, 1.82) is 0 Å². The predicted octanol–water partition coefficient (Wildman–Crippen LogP) is 2.03. The maximum atomic E-state index is 12.4. The van der Waals surface area contributed by atoms with Crippen LogP contribution in [0.15, 0.2) is 11.6 Å². The molecule has 4 rings (SSSR count). The van der Waals surface area contributed by atoms with Gasteiger partial charge in [-0.2, -0.15) is 0 Å². The second-order valence-corrected chi connectivity index (χ2v) is 8.61. The van der Waals surface area contributed by atoms with E-state index in [1.54, 1.807) is 6.08 Å². The molecular formula is C19H26O4. The van der Waals surface area contributed by atoms with Crippen molar-refractivity contribution in [1.82, 2.24) is 0 Å². The SMILES string of the molecule is CC12CCC(=O)C=C1CC(O)C1C2CC(O)C2(C)C(=O)CCC12. The molecule has 0 amide bonds. The second-order valence-electron chi connectivity index (χ2n) is 8.61. The van der Waals surface area contributed by atoms with Crippen LogP contribution in [0.25, 0.3) is 0 Å². The molecule has 4 heteroatoms. The van der Waals surface area contributed by atoms with Crippen LogP contribution in [0.4, 0.5) is 0 Å². The lowest BCUT2D eigenvalue weighted by Gasteiger charge is -2.59. The quantitative estimate of drug-likeness (QED) is 0.717. The molecule has 0 aromatic carbocycles. The van der Waals surface area contributed by atoms with E-state index in [4.69, 9.17) is 0 Å². The zero-order chi connectivity index (χ0) is 16.6. The number of fused-ring (bicyclic) bond motifs is 5. The van der Waals surface area contributed by atoms with Gasteiger partial charge in [0.25, 0.3) is 0 Å². The summed E-state index contributed by atoms with van der Waals surface area (Å²) in [6.45, 7) is 4.10. The van der Waals surface area contributed by atoms with Gasteiger partial charge in [-0.15, -0.1) is 0 Å². The van der Waals surface area contributed by atoms with E-state index in [9.17, 15) is 19.8 Å². The first kappa shape index (κ1) is 15.5. The molecule has 4 nitrogen and oxygen atoms in total. The molecule has 3 saturated carbocycles. The number of carbonyl (C=O) groups is 2. The van der Waals surface area contributed by atoms with Crippen molar-refractivity contribution in [2.75, 3.05) is 0 Å². The van der Waals surface area contributed by atoms with Gasteiger partial charge in [0, 0.05) is 12.8 Å². The average Bonchev–Trinajstić information content (AvgIpc) is 2.80. The molecule has 7 atom stereocenters. The van der Waals surface area contributed by atoms with Gasteiger partial charge >= 0.3 is 0 Å². The van der Waals surface area contributed by atoms with Crippen LogP contribution in [0.3, 0.4) is 0 Å². The first-order chi connectivity index (χ1) is 10.8. The number of aliphatic hydroxyl groups excluding tert-OH is 2. The minimum atomic E-state index is -0.690. The van der Waals surface area contributed by atoms with E-state index in [1.807, 2.05) is 6.92 Å². The number of rotatable bonds is 0. The van der Waals surface area contributed by atoms with Crippen molar-refractivity contribution < 1.29 is 19.8 Å². The summed E-state index contributed by atoms with van der Waals surface area (Å²) in [4.78, 5) is 24.2. The lowest BCUT2D eigenvalue weighted by Crippen LogP contribution is -2.60. The summed E-state index contributed by atoms with van der Waals surface area (Å²) in [6, 6.07) is 0. The number of ketones is 2. The molecule has 7 unspecified atom stereocenters. The first-order valence-electron chi connectivity index (χ1n) is 8.92. The lowest BCUT2D eigenvalue weighted by atomic mass is 9.46. The van der Waals surface area contributed by atoms with E-state index in [0.29, 0.717) is 25.7 Å². The number of Topliss-reactive ketones (excluding diaryl/α,β-unsaturated/α-hetero) is 1. The average molecular weight is 318 g/mol. The molecule has 0 radical (unpaired) electrons.